The summed E-state index contributed by atoms with van der Waals surface area (Å²) in [6.45, 7) is 3.77. The van der Waals surface area contributed by atoms with Crippen molar-refractivity contribution in [1.82, 2.24) is 15.1 Å². The lowest BCUT2D eigenvalue weighted by Gasteiger charge is -2.36. The van der Waals surface area contributed by atoms with Gasteiger partial charge in [0.15, 0.2) is 11.2 Å². The summed E-state index contributed by atoms with van der Waals surface area (Å²) in [6, 6.07) is 20.1. The first-order valence-corrected chi connectivity index (χ1v) is 17.1. The van der Waals surface area contributed by atoms with Gasteiger partial charge in [0.25, 0.3) is 5.91 Å². The summed E-state index contributed by atoms with van der Waals surface area (Å²) in [5.74, 6) is -0.973. The van der Waals surface area contributed by atoms with E-state index in [1.165, 1.54) is 24.6 Å². The minimum Gasteiger partial charge on any atom is -0.451 e. The maximum atomic E-state index is 14.1. The average molecular weight is 683 g/mol. The number of nitrogens with zero attached hydrogens (tertiary/aromatic N) is 2. The normalized spacial score (nSPS) is 16.0. The highest BCUT2D eigenvalue weighted by Crippen LogP contribution is 2.32. The highest BCUT2D eigenvalue weighted by Gasteiger charge is 2.32. The lowest BCUT2D eigenvalue weighted by molar-refractivity contribution is -0.135. The molecular formula is C38H39ClN4O6. The van der Waals surface area contributed by atoms with E-state index in [0.29, 0.717) is 36.8 Å². The Hall–Kier alpha value is -4.96. The van der Waals surface area contributed by atoms with Crippen LogP contribution in [0.2, 0.25) is 5.02 Å². The van der Waals surface area contributed by atoms with Gasteiger partial charge in [-0.15, -0.1) is 0 Å². The number of carbonyl (C=O) groups is 4. The predicted octanol–water partition coefficient (Wildman–Crippen LogP) is 5.66. The van der Waals surface area contributed by atoms with Gasteiger partial charge in [-0.1, -0.05) is 48.0 Å². The topological polar surface area (TPSA) is 129 Å². The van der Waals surface area contributed by atoms with Gasteiger partial charge in [0.1, 0.15) is 11.6 Å². The fourth-order valence-electron chi connectivity index (χ4n) is 6.78. The van der Waals surface area contributed by atoms with Crippen molar-refractivity contribution in [2.24, 2.45) is 0 Å². The van der Waals surface area contributed by atoms with Crippen LogP contribution in [0.3, 0.4) is 0 Å². The van der Waals surface area contributed by atoms with Crippen molar-refractivity contribution < 1.29 is 23.6 Å². The second-order valence-corrected chi connectivity index (χ2v) is 13.2. The van der Waals surface area contributed by atoms with Crippen molar-refractivity contribution >= 4 is 51.9 Å². The number of likely N-dealkylation sites (tertiary alicyclic amines) is 2. The first-order valence-electron chi connectivity index (χ1n) is 16.7. The number of fused-ring (bicyclic) bond motifs is 1. The Bertz CT molecular complexity index is 1930. The van der Waals surface area contributed by atoms with Crippen LogP contribution in [-0.4, -0.2) is 59.1 Å². The molecule has 2 aliphatic rings. The van der Waals surface area contributed by atoms with Gasteiger partial charge in [-0.2, -0.15) is 0 Å². The van der Waals surface area contributed by atoms with E-state index in [4.69, 9.17) is 16.0 Å². The Kier molecular flexibility index (Phi) is 10.4. The molecule has 1 aromatic heterocycles. The monoisotopic (exact) mass is 682 g/mol. The van der Waals surface area contributed by atoms with E-state index in [0.717, 1.165) is 49.4 Å². The first kappa shape index (κ1) is 33.9. The summed E-state index contributed by atoms with van der Waals surface area (Å²) >= 11 is 6.10. The van der Waals surface area contributed by atoms with Gasteiger partial charge < -0.3 is 24.9 Å². The predicted molar refractivity (Wildman–Crippen MR) is 187 cm³/mol. The van der Waals surface area contributed by atoms with E-state index < -0.39 is 17.4 Å². The third kappa shape index (κ3) is 8.20. The third-order valence-electron chi connectivity index (χ3n) is 9.31. The molecule has 254 valence electrons. The maximum absolute atomic E-state index is 14.1. The van der Waals surface area contributed by atoms with Gasteiger partial charge in [-0.05, 0) is 78.6 Å². The number of anilines is 1. The third-order valence-corrected chi connectivity index (χ3v) is 9.56. The lowest BCUT2D eigenvalue weighted by atomic mass is 9.86. The standard InChI is InChI=1S/C38H39ClN4O6/c1-24(44)40-29-13-14-34-31(21-29)33(45)22-35(49-34)37(47)41-32(20-25-9-11-28(39)12-10-25)38(48)42-18-15-26(16-19-42)30-7-3-2-6-27(30)23-43-17-5-4-8-36(43)46/h2-3,6-7,9-14,21-22,26,32H,4-5,8,15-20,23H2,1H3,(H,40,44)(H,41,47)/t32-/m0/s1. The molecule has 0 radical (unpaired) electrons. The van der Waals surface area contributed by atoms with Crippen LogP contribution in [0.5, 0.6) is 0 Å². The van der Waals surface area contributed by atoms with Crippen molar-refractivity contribution in [3.05, 3.63) is 110 Å². The lowest BCUT2D eigenvalue weighted by Crippen LogP contribution is -2.51. The van der Waals surface area contributed by atoms with Crippen LogP contribution in [-0.2, 0) is 27.3 Å². The van der Waals surface area contributed by atoms with Gasteiger partial charge >= 0.3 is 0 Å². The molecule has 3 heterocycles. The molecule has 49 heavy (non-hydrogen) atoms. The Labute approximate surface area is 289 Å². The second-order valence-electron chi connectivity index (χ2n) is 12.8. The fraction of sp³-hybridized carbons (Fsp3) is 0.342. The van der Waals surface area contributed by atoms with Crippen LogP contribution in [0.4, 0.5) is 5.69 Å². The molecule has 11 heteroatoms. The van der Waals surface area contributed by atoms with E-state index in [1.54, 1.807) is 23.1 Å². The maximum Gasteiger partial charge on any atom is 0.287 e. The summed E-state index contributed by atoms with van der Waals surface area (Å²) in [5, 5.41) is 6.23. The van der Waals surface area contributed by atoms with Gasteiger partial charge in [0.2, 0.25) is 17.7 Å². The molecule has 0 spiro atoms. The Morgan fingerprint density at radius 1 is 0.939 bits per heavy atom. The number of hydrogen-bond donors (Lipinski definition) is 2. The number of carbonyl (C=O) groups excluding carboxylic acids is 4. The van der Waals surface area contributed by atoms with Gasteiger partial charge in [-0.25, -0.2) is 0 Å². The molecule has 4 amide bonds. The molecule has 2 aliphatic heterocycles. The molecule has 0 unspecified atom stereocenters. The summed E-state index contributed by atoms with van der Waals surface area (Å²) in [7, 11) is 0. The molecule has 3 aromatic carbocycles. The quantitative estimate of drug-likeness (QED) is 0.234. The molecule has 1 atom stereocenters. The number of rotatable bonds is 9. The molecule has 0 bridgehead atoms. The van der Waals surface area contributed by atoms with E-state index in [-0.39, 0.29) is 46.8 Å². The minimum absolute atomic E-state index is 0.180. The summed E-state index contributed by atoms with van der Waals surface area (Å²) in [6.07, 6.45) is 4.28. The van der Waals surface area contributed by atoms with Gasteiger partial charge in [0.05, 0.1) is 5.39 Å². The number of piperidine rings is 2. The Morgan fingerprint density at radius 2 is 1.69 bits per heavy atom. The molecule has 2 N–H and O–H groups in total. The van der Waals surface area contributed by atoms with E-state index in [9.17, 15) is 24.0 Å². The van der Waals surface area contributed by atoms with Crippen LogP contribution in [0.25, 0.3) is 11.0 Å². The molecule has 6 rings (SSSR count). The molecule has 4 aromatic rings. The average Bonchev–Trinajstić information content (AvgIpc) is 3.10. The van der Waals surface area contributed by atoms with E-state index in [1.807, 2.05) is 29.2 Å². The summed E-state index contributed by atoms with van der Waals surface area (Å²) < 4.78 is 5.80. The van der Waals surface area contributed by atoms with Gasteiger partial charge in [-0.3, -0.25) is 24.0 Å². The summed E-state index contributed by atoms with van der Waals surface area (Å²) in [4.78, 5) is 68.3. The molecular weight excluding hydrogens is 644 g/mol. The highest BCUT2D eigenvalue weighted by atomic mass is 35.5. The minimum atomic E-state index is -0.925. The van der Waals surface area contributed by atoms with Crippen LogP contribution >= 0.6 is 11.6 Å². The first-order chi connectivity index (χ1) is 23.6. The summed E-state index contributed by atoms with van der Waals surface area (Å²) in [5.41, 5.74) is 3.34. The van der Waals surface area contributed by atoms with Crippen LogP contribution in [0.15, 0.2) is 82.0 Å². The number of benzene rings is 3. The van der Waals surface area contributed by atoms with E-state index in [2.05, 4.69) is 22.8 Å². The van der Waals surface area contributed by atoms with Crippen LogP contribution in [0.1, 0.15) is 72.2 Å². The zero-order chi connectivity index (χ0) is 34.5. The zero-order valence-electron chi connectivity index (χ0n) is 27.4. The molecule has 10 nitrogen and oxygen atoms in total. The number of nitrogens with one attached hydrogen (secondary N) is 2. The largest absolute Gasteiger partial charge is 0.451 e. The van der Waals surface area contributed by atoms with Crippen molar-refractivity contribution in [2.45, 2.75) is 64.0 Å². The molecule has 0 aliphatic carbocycles. The Morgan fingerprint density at radius 3 is 2.43 bits per heavy atom. The number of amides is 4. The van der Waals surface area contributed by atoms with Crippen molar-refractivity contribution in [1.29, 1.82) is 0 Å². The Balaban J connectivity index is 1.17. The smallest absolute Gasteiger partial charge is 0.287 e. The van der Waals surface area contributed by atoms with E-state index >= 15 is 0 Å². The van der Waals surface area contributed by atoms with Crippen molar-refractivity contribution in [3.63, 3.8) is 0 Å². The van der Waals surface area contributed by atoms with Crippen LogP contribution in [0, 0.1) is 0 Å². The zero-order valence-corrected chi connectivity index (χ0v) is 28.1. The van der Waals surface area contributed by atoms with Crippen molar-refractivity contribution in [2.75, 3.05) is 25.0 Å². The molecule has 0 saturated carbocycles. The van der Waals surface area contributed by atoms with Crippen molar-refractivity contribution in [3.8, 4) is 0 Å². The molecule has 2 fully saturated rings. The highest BCUT2D eigenvalue weighted by molar-refractivity contribution is 6.30. The SMILES string of the molecule is CC(=O)Nc1ccc2oc(C(=O)N[C@@H](Cc3ccc(Cl)cc3)C(=O)N3CCC(c4ccccc4CN4CCCCC4=O)CC3)cc(=O)c2c1. The molecule has 2 saturated heterocycles. The fourth-order valence-corrected chi connectivity index (χ4v) is 6.90. The van der Waals surface area contributed by atoms with Crippen LogP contribution < -0.4 is 16.1 Å². The second kappa shape index (κ2) is 15.1. The van der Waals surface area contributed by atoms with Gasteiger partial charge in [0, 0.05) is 62.7 Å². The number of hydrogen-bond acceptors (Lipinski definition) is 6. The number of halogens is 1.